The van der Waals surface area contributed by atoms with E-state index in [0.29, 0.717) is 16.6 Å². The van der Waals surface area contributed by atoms with Gasteiger partial charge in [0.2, 0.25) is 0 Å². The molecule has 6 heteroatoms. The maximum absolute atomic E-state index is 6.15. The summed E-state index contributed by atoms with van der Waals surface area (Å²) in [5.41, 5.74) is 2.97. The molecular weight excluding hydrogens is 307 g/mol. The van der Waals surface area contributed by atoms with Gasteiger partial charge < -0.3 is 5.32 Å². The predicted molar refractivity (Wildman–Crippen MR) is 85.1 cm³/mol. The third-order valence-corrected chi connectivity index (χ3v) is 3.64. The first kappa shape index (κ1) is 13.9. The molecule has 1 heterocycles. The minimum absolute atomic E-state index is 0.638. The third kappa shape index (κ3) is 3.35. The molecule has 0 radical (unpaired) electrons. The van der Waals surface area contributed by atoms with Crippen molar-refractivity contribution in [3.05, 3.63) is 70.7 Å². The zero-order valence-electron chi connectivity index (χ0n) is 11.0. The highest BCUT2D eigenvalue weighted by molar-refractivity contribution is 6.35. The molecule has 106 valence electrons. The minimum Gasteiger partial charge on any atom is -0.381 e. The molecule has 0 saturated heterocycles. The zero-order valence-corrected chi connectivity index (χ0v) is 12.5. The normalized spacial score (nSPS) is 10.6. The van der Waals surface area contributed by atoms with Crippen molar-refractivity contribution in [1.82, 2.24) is 14.8 Å². The van der Waals surface area contributed by atoms with Gasteiger partial charge in [0.25, 0.3) is 0 Å². The van der Waals surface area contributed by atoms with Crippen LogP contribution in [0, 0.1) is 0 Å². The smallest absolute Gasteiger partial charge is 0.138 e. The quantitative estimate of drug-likeness (QED) is 0.784. The molecule has 0 unspecified atom stereocenters. The molecule has 1 aromatic heterocycles. The summed E-state index contributed by atoms with van der Waals surface area (Å²) in [5, 5.41) is 8.71. The Bertz CT molecular complexity index is 724. The highest BCUT2D eigenvalue weighted by Crippen LogP contribution is 2.22. The van der Waals surface area contributed by atoms with Crippen LogP contribution in [0.5, 0.6) is 0 Å². The Balaban J connectivity index is 1.68. The molecular formula is C15H12Cl2N4. The number of halogens is 2. The van der Waals surface area contributed by atoms with Gasteiger partial charge in [-0.2, -0.15) is 5.10 Å². The highest BCUT2D eigenvalue weighted by atomic mass is 35.5. The van der Waals surface area contributed by atoms with E-state index in [1.54, 1.807) is 17.1 Å². The molecule has 1 N–H and O–H groups in total. The van der Waals surface area contributed by atoms with Gasteiger partial charge in [-0.3, -0.25) is 0 Å². The van der Waals surface area contributed by atoms with Crippen LogP contribution in [0.4, 0.5) is 5.69 Å². The Labute approximate surface area is 132 Å². The van der Waals surface area contributed by atoms with Gasteiger partial charge in [-0.25, -0.2) is 9.67 Å². The number of benzene rings is 2. The number of aromatic nitrogens is 3. The average molecular weight is 319 g/mol. The van der Waals surface area contributed by atoms with E-state index in [1.165, 1.54) is 6.33 Å². The van der Waals surface area contributed by atoms with Crippen LogP contribution in [0.25, 0.3) is 5.69 Å². The minimum atomic E-state index is 0.638. The first-order valence-electron chi connectivity index (χ1n) is 6.35. The zero-order chi connectivity index (χ0) is 14.7. The van der Waals surface area contributed by atoms with Crippen molar-refractivity contribution in [1.29, 1.82) is 0 Å². The molecule has 0 saturated carbocycles. The lowest BCUT2D eigenvalue weighted by Gasteiger charge is -2.09. The van der Waals surface area contributed by atoms with E-state index in [2.05, 4.69) is 15.4 Å². The van der Waals surface area contributed by atoms with Gasteiger partial charge >= 0.3 is 0 Å². The van der Waals surface area contributed by atoms with Gasteiger partial charge in [-0.1, -0.05) is 29.3 Å². The predicted octanol–water partition coefficient (Wildman–Crippen LogP) is 4.19. The fraction of sp³-hybridized carbons (Fsp3) is 0.0667. The lowest BCUT2D eigenvalue weighted by Crippen LogP contribution is -2.00. The topological polar surface area (TPSA) is 42.7 Å². The van der Waals surface area contributed by atoms with Gasteiger partial charge in [0.1, 0.15) is 12.7 Å². The molecule has 0 amide bonds. The van der Waals surface area contributed by atoms with E-state index in [4.69, 9.17) is 23.2 Å². The second-order valence-corrected chi connectivity index (χ2v) is 5.32. The molecule has 3 rings (SSSR count). The lowest BCUT2D eigenvalue weighted by molar-refractivity contribution is 0.879. The molecule has 0 fully saturated rings. The fourth-order valence-electron chi connectivity index (χ4n) is 1.94. The first-order valence-corrected chi connectivity index (χ1v) is 7.11. The van der Waals surface area contributed by atoms with E-state index in [-0.39, 0.29) is 0 Å². The second-order valence-electron chi connectivity index (χ2n) is 4.48. The van der Waals surface area contributed by atoms with Gasteiger partial charge in [0.05, 0.1) is 5.69 Å². The average Bonchev–Trinajstić information content (AvgIpc) is 3.01. The monoisotopic (exact) mass is 318 g/mol. The maximum Gasteiger partial charge on any atom is 0.138 e. The van der Waals surface area contributed by atoms with Crippen LogP contribution in [-0.2, 0) is 6.54 Å². The van der Waals surface area contributed by atoms with Crippen molar-refractivity contribution >= 4 is 28.9 Å². The molecule has 0 aliphatic heterocycles. The summed E-state index contributed by atoms with van der Waals surface area (Å²) in [7, 11) is 0. The summed E-state index contributed by atoms with van der Waals surface area (Å²) < 4.78 is 1.71. The Morgan fingerprint density at radius 1 is 1.05 bits per heavy atom. The largest absolute Gasteiger partial charge is 0.381 e. The third-order valence-electron chi connectivity index (χ3n) is 3.05. The number of nitrogens with one attached hydrogen (secondary N) is 1. The van der Waals surface area contributed by atoms with E-state index in [9.17, 15) is 0 Å². The van der Waals surface area contributed by atoms with E-state index in [0.717, 1.165) is 16.9 Å². The maximum atomic E-state index is 6.15. The Kier molecular flexibility index (Phi) is 4.08. The number of nitrogens with zero attached hydrogens (tertiary/aromatic N) is 3. The molecule has 0 aliphatic carbocycles. The second kappa shape index (κ2) is 6.16. The summed E-state index contributed by atoms with van der Waals surface area (Å²) >= 11 is 12.0. The molecule has 3 aromatic rings. The van der Waals surface area contributed by atoms with Gasteiger partial charge in [0.15, 0.2) is 0 Å². The number of hydrogen-bond donors (Lipinski definition) is 1. The summed E-state index contributed by atoms with van der Waals surface area (Å²) in [6.07, 6.45) is 3.17. The van der Waals surface area contributed by atoms with E-state index in [1.807, 2.05) is 36.4 Å². The van der Waals surface area contributed by atoms with Crippen LogP contribution < -0.4 is 5.32 Å². The van der Waals surface area contributed by atoms with Gasteiger partial charge in [-0.15, -0.1) is 0 Å². The summed E-state index contributed by atoms with van der Waals surface area (Å²) in [4.78, 5) is 3.92. The number of hydrogen-bond acceptors (Lipinski definition) is 3. The van der Waals surface area contributed by atoms with Crippen LogP contribution in [-0.4, -0.2) is 14.8 Å². The van der Waals surface area contributed by atoms with Crippen molar-refractivity contribution in [3.63, 3.8) is 0 Å². The Morgan fingerprint density at radius 2 is 1.86 bits per heavy atom. The fourth-order valence-corrected chi connectivity index (χ4v) is 2.41. The van der Waals surface area contributed by atoms with Gasteiger partial charge in [0, 0.05) is 22.3 Å². The van der Waals surface area contributed by atoms with Gasteiger partial charge in [-0.05, 0) is 42.0 Å². The van der Waals surface area contributed by atoms with Crippen LogP contribution in [0.2, 0.25) is 10.0 Å². The Hall–Kier alpha value is -2.04. The molecule has 0 bridgehead atoms. The van der Waals surface area contributed by atoms with Crippen LogP contribution in [0.15, 0.2) is 55.1 Å². The van der Waals surface area contributed by atoms with Crippen molar-refractivity contribution in [2.75, 3.05) is 5.32 Å². The molecule has 0 atom stereocenters. The molecule has 0 spiro atoms. The SMILES string of the molecule is Clc1ccc(CNc2ccc(-n3cncn3)cc2)c(Cl)c1. The highest BCUT2D eigenvalue weighted by Gasteiger charge is 2.02. The summed E-state index contributed by atoms with van der Waals surface area (Å²) in [6.45, 7) is 0.638. The van der Waals surface area contributed by atoms with Crippen LogP contribution >= 0.6 is 23.2 Å². The standard InChI is InChI=1S/C15H12Cl2N4/c16-12-2-1-11(15(17)7-12)8-19-13-3-5-14(6-4-13)21-10-18-9-20-21/h1-7,9-10,19H,8H2. The molecule has 4 nitrogen and oxygen atoms in total. The van der Waals surface area contributed by atoms with Crippen molar-refractivity contribution in [3.8, 4) is 5.69 Å². The van der Waals surface area contributed by atoms with Crippen molar-refractivity contribution in [2.45, 2.75) is 6.54 Å². The number of anilines is 1. The van der Waals surface area contributed by atoms with Crippen LogP contribution in [0.3, 0.4) is 0 Å². The molecule has 2 aromatic carbocycles. The first-order chi connectivity index (χ1) is 10.2. The summed E-state index contributed by atoms with van der Waals surface area (Å²) in [6, 6.07) is 13.4. The number of rotatable bonds is 4. The molecule has 21 heavy (non-hydrogen) atoms. The van der Waals surface area contributed by atoms with E-state index < -0.39 is 0 Å². The Morgan fingerprint density at radius 3 is 2.52 bits per heavy atom. The van der Waals surface area contributed by atoms with Crippen molar-refractivity contribution in [2.24, 2.45) is 0 Å². The van der Waals surface area contributed by atoms with Crippen LogP contribution in [0.1, 0.15) is 5.56 Å². The molecule has 0 aliphatic rings. The van der Waals surface area contributed by atoms with E-state index >= 15 is 0 Å². The van der Waals surface area contributed by atoms with Crippen molar-refractivity contribution < 1.29 is 0 Å². The lowest BCUT2D eigenvalue weighted by atomic mass is 10.2. The summed E-state index contributed by atoms with van der Waals surface area (Å²) in [5.74, 6) is 0.